The molecule has 2 aliphatic carbocycles. The highest BCUT2D eigenvalue weighted by atomic mass is 16.5. The molecule has 0 bridgehead atoms. The molecule has 30 heavy (non-hydrogen) atoms. The van der Waals surface area contributed by atoms with E-state index in [1.807, 2.05) is 18.2 Å². The van der Waals surface area contributed by atoms with Crippen LogP contribution < -0.4 is 15.4 Å². The Morgan fingerprint density at radius 2 is 1.73 bits per heavy atom. The second-order valence-electron chi connectivity index (χ2n) is 9.28. The zero-order valence-corrected chi connectivity index (χ0v) is 18.5. The summed E-state index contributed by atoms with van der Waals surface area (Å²) in [6.07, 6.45) is 14.7. The largest absolute Gasteiger partial charge is 0.483 e. The molecule has 1 aromatic rings. The van der Waals surface area contributed by atoms with Gasteiger partial charge in [0, 0.05) is 6.04 Å². The fourth-order valence-corrected chi connectivity index (χ4v) is 4.96. The van der Waals surface area contributed by atoms with Crippen LogP contribution >= 0.6 is 0 Å². The van der Waals surface area contributed by atoms with E-state index in [0.717, 1.165) is 55.8 Å². The van der Waals surface area contributed by atoms with Gasteiger partial charge in [-0.25, -0.2) is 4.79 Å². The van der Waals surface area contributed by atoms with Crippen molar-refractivity contribution in [3.63, 3.8) is 0 Å². The third kappa shape index (κ3) is 7.66. The number of ether oxygens (including phenoxy) is 1. The maximum atomic E-state index is 12.1. The molecule has 5 heteroatoms. The van der Waals surface area contributed by atoms with Crippen molar-refractivity contribution in [3.8, 4) is 5.75 Å². The minimum Gasteiger partial charge on any atom is -0.483 e. The predicted octanol–water partition coefficient (Wildman–Crippen LogP) is 5.37. The lowest BCUT2D eigenvalue weighted by Gasteiger charge is -2.24. The van der Waals surface area contributed by atoms with E-state index < -0.39 is 11.9 Å². The second-order valence-corrected chi connectivity index (χ2v) is 9.28. The fourth-order valence-electron chi connectivity index (χ4n) is 4.96. The summed E-state index contributed by atoms with van der Waals surface area (Å²) < 4.78 is 5.76. The molecule has 3 amide bonds. The summed E-state index contributed by atoms with van der Waals surface area (Å²) in [5.41, 5.74) is 1.14. The van der Waals surface area contributed by atoms with Crippen LogP contribution in [0.3, 0.4) is 0 Å². The fraction of sp³-hybridized carbons (Fsp3) is 0.680. The molecule has 0 aliphatic heterocycles. The van der Waals surface area contributed by atoms with Gasteiger partial charge in [0.05, 0.1) is 0 Å². The highest BCUT2D eigenvalue weighted by Gasteiger charge is 2.19. The molecule has 0 heterocycles. The van der Waals surface area contributed by atoms with Gasteiger partial charge in [0.2, 0.25) is 0 Å². The molecule has 1 unspecified atom stereocenters. The van der Waals surface area contributed by atoms with Gasteiger partial charge >= 0.3 is 6.03 Å². The van der Waals surface area contributed by atoms with Gasteiger partial charge in [-0.2, -0.15) is 0 Å². The molecule has 2 saturated carbocycles. The highest BCUT2D eigenvalue weighted by Crippen LogP contribution is 2.31. The Hall–Kier alpha value is -2.04. The number of rotatable bonds is 9. The number of carbonyl (C=O) groups is 2. The van der Waals surface area contributed by atoms with E-state index in [-0.39, 0.29) is 12.6 Å². The highest BCUT2D eigenvalue weighted by molar-refractivity contribution is 5.95. The van der Waals surface area contributed by atoms with Gasteiger partial charge in [-0.1, -0.05) is 70.1 Å². The van der Waals surface area contributed by atoms with Crippen molar-refractivity contribution in [2.45, 2.75) is 90.0 Å². The minimum atomic E-state index is -0.416. The summed E-state index contributed by atoms with van der Waals surface area (Å²) in [6, 6.07) is 7.70. The zero-order valence-electron chi connectivity index (χ0n) is 18.5. The minimum absolute atomic E-state index is 0.146. The number of amides is 3. The van der Waals surface area contributed by atoms with E-state index in [9.17, 15) is 9.59 Å². The van der Waals surface area contributed by atoms with Gasteiger partial charge in [0.1, 0.15) is 5.75 Å². The van der Waals surface area contributed by atoms with Crippen LogP contribution in [-0.4, -0.2) is 24.6 Å². The van der Waals surface area contributed by atoms with Gasteiger partial charge in [0.15, 0.2) is 6.61 Å². The average molecular weight is 415 g/mol. The molecule has 2 N–H and O–H groups in total. The molecule has 0 aromatic heterocycles. The normalized spacial score (nSPS) is 18.7. The van der Waals surface area contributed by atoms with E-state index in [2.05, 4.69) is 23.6 Å². The van der Waals surface area contributed by atoms with Crippen molar-refractivity contribution < 1.29 is 14.3 Å². The third-order valence-electron chi connectivity index (χ3n) is 6.64. The summed E-state index contributed by atoms with van der Waals surface area (Å²) in [4.78, 5) is 24.0. The molecule has 1 atom stereocenters. The molecule has 0 spiro atoms. The number of aryl methyl sites for hydroxylation is 1. The SMILES string of the molecule is CC(CCc1ccccc1OCC(=O)NC(=O)NC1CCCC1)CC1CCCCC1. The lowest BCUT2D eigenvalue weighted by Crippen LogP contribution is -2.45. The van der Waals surface area contributed by atoms with E-state index in [0.29, 0.717) is 5.92 Å². The quantitative estimate of drug-likeness (QED) is 0.570. The lowest BCUT2D eigenvalue weighted by molar-refractivity contribution is -0.122. The number of hydrogen-bond acceptors (Lipinski definition) is 3. The standard InChI is InChI=1S/C25H38N2O3/c1-19(17-20-9-3-2-4-10-20)15-16-21-11-5-8-14-23(21)30-18-24(28)27-25(29)26-22-12-6-7-13-22/h5,8,11,14,19-20,22H,2-4,6-7,9-10,12-13,15-18H2,1H3,(H2,26,27,28,29). The molecule has 0 radical (unpaired) electrons. The van der Waals surface area contributed by atoms with Gasteiger partial charge in [-0.05, 0) is 55.6 Å². The zero-order chi connectivity index (χ0) is 21.2. The monoisotopic (exact) mass is 414 g/mol. The number of hydrogen-bond donors (Lipinski definition) is 2. The van der Waals surface area contributed by atoms with Gasteiger partial charge < -0.3 is 10.1 Å². The smallest absolute Gasteiger partial charge is 0.321 e. The van der Waals surface area contributed by atoms with Crippen LogP contribution in [0.15, 0.2) is 24.3 Å². The Morgan fingerprint density at radius 1 is 1.03 bits per heavy atom. The molecular formula is C25H38N2O3. The number of para-hydroxylation sites is 1. The van der Waals surface area contributed by atoms with Crippen LogP contribution in [0.4, 0.5) is 4.79 Å². The van der Waals surface area contributed by atoms with Crippen molar-refractivity contribution >= 4 is 11.9 Å². The Kier molecular flexibility index (Phi) is 9.03. The van der Waals surface area contributed by atoms with Gasteiger partial charge in [0.25, 0.3) is 5.91 Å². The van der Waals surface area contributed by atoms with Crippen LogP contribution in [0.5, 0.6) is 5.75 Å². The van der Waals surface area contributed by atoms with Crippen LogP contribution in [0.1, 0.15) is 83.1 Å². The third-order valence-corrected chi connectivity index (χ3v) is 6.64. The first-order valence-corrected chi connectivity index (χ1v) is 11.9. The molecular weight excluding hydrogens is 376 g/mol. The van der Waals surface area contributed by atoms with Crippen LogP contribution in [0.2, 0.25) is 0 Å². The summed E-state index contributed by atoms with van der Waals surface area (Å²) in [5.74, 6) is 1.93. The molecule has 3 rings (SSSR count). The first-order valence-electron chi connectivity index (χ1n) is 11.9. The van der Waals surface area contributed by atoms with E-state index in [1.165, 1.54) is 38.5 Å². The van der Waals surface area contributed by atoms with Gasteiger partial charge in [-0.15, -0.1) is 0 Å². The first kappa shape index (κ1) is 22.6. The van der Waals surface area contributed by atoms with Crippen LogP contribution in [-0.2, 0) is 11.2 Å². The molecule has 2 fully saturated rings. The van der Waals surface area contributed by atoms with Gasteiger partial charge in [-0.3, -0.25) is 10.1 Å². The van der Waals surface area contributed by atoms with Crippen molar-refractivity contribution in [2.75, 3.05) is 6.61 Å². The topological polar surface area (TPSA) is 67.4 Å². The number of urea groups is 1. The number of nitrogens with one attached hydrogen (secondary N) is 2. The first-order chi connectivity index (χ1) is 14.6. The van der Waals surface area contributed by atoms with Crippen molar-refractivity contribution in [1.29, 1.82) is 0 Å². The molecule has 1 aromatic carbocycles. The van der Waals surface area contributed by atoms with E-state index >= 15 is 0 Å². The van der Waals surface area contributed by atoms with Crippen molar-refractivity contribution in [2.24, 2.45) is 11.8 Å². The number of carbonyl (C=O) groups excluding carboxylic acids is 2. The Balaban J connectivity index is 1.40. The molecule has 2 aliphatic rings. The summed E-state index contributed by atoms with van der Waals surface area (Å²) in [5, 5.41) is 5.24. The summed E-state index contributed by atoms with van der Waals surface area (Å²) in [6.45, 7) is 2.21. The Morgan fingerprint density at radius 3 is 2.50 bits per heavy atom. The Labute approximate surface area is 181 Å². The second kappa shape index (κ2) is 12.0. The molecule has 5 nitrogen and oxygen atoms in total. The molecule has 0 saturated heterocycles. The summed E-state index contributed by atoms with van der Waals surface area (Å²) >= 11 is 0. The number of imide groups is 1. The molecule has 166 valence electrons. The number of benzene rings is 1. The van der Waals surface area contributed by atoms with Crippen LogP contribution in [0.25, 0.3) is 0 Å². The van der Waals surface area contributed by atoms with E-state index in [1.54, 1.807) is 0 Å². The van der Waals surface area contributed by atoms with Crippen molar-refractivity contribution in [1.82, 2.24) is 10.6 Å². The van der Waals surface area contributed by atoms with Crippen molar-refractivity contribution in [3.05, 3.63) is 29.8 Å². The van der Waals surface area contributed by atoms with E-state index in [4.69, 9.17) is 4.74 Å². The maximum Gasteiger partial charge on any atom is 0.321 e. The predicted molar refractivity (Wildman–Crippen MR) is 120 cm³/mol. The lowest BCUT2D eigenvalue weighted by atomic mass is 9.82. The average Bonchev–Trinajstić information content (AvgIpc) is 3.25. The maximum absolute atomic E-state index is 12.1. The van der Waals surface area contributed by atoms with Crippen LogP contribution in [0, 0.1) is 11.8 Å². The Bertz CT molecular complexity index is 679. The summed E-state index contributed by atoms with van der Waals surface area (Å²) in [7, 11) is 0.